The van der Waals surface area contributed by atoms with Crippen LogP contribution < -0.4 is 10.1 Å². The van der Waals surface area contributed by atoms with Crippen LogP contribution in [-0.4, -0.2) is 26.8 Å². The summed E-state index contributed by atoms with van der Waals surface area (Å²) >= 11 is 12.2. The molecule has 8 heteroatoms. The Kier molecular flexibility index (Phi) is 6.45. The molecular formula is C21H22Cl2N4O2. The van der Waals surface area contributed by atoms with Crippen LogP contribution in [0.15, 0.2) is 42.5 Å². The fraction of sp³-hybridized carbons (Fsp3) is 0.286. The maximum atomic E-state index is 11.9. The molecule has 0 saturated carbocycles. The van der Waals surface area contributed by atoms with E-state index in [9.17, 15) is 4.79 Å². The number of rotatable bonds is 6. The molecule has 3 aromatic rings. The number of carbonyl (C=O) groups excluding carboxylic acids is 1. The fourth-order valence-electron chi connectivity index (χ4n) is 2.53. The van der Waals surface area contributed by atoms with E-state index in [2.05, 4.69) is 15.4 Å². The van der Waals surface area contributed by atoms with Crippen molar-refractivity contribution < 1.29 is 9.53 Å². The van der Waals surface area contributed by atoms with E-state index in [0.29, 0.717) is 21.6 Å². The normalized spacial score (nSPS) is 11.2. The van der Waals surface area contributed by atoms with Gasteiger partial charge in [0.15, 0.2) is 5.82 Å². The quantitative estimate of drug-likeness (QED) is 0.548. The van der Waals surface area contributed by atoms with Crippen LogP contribution in [0.5, 0.6) is 6.01 Å². The number of anilines is 1. The van der Waals surface area contributed by atoms with Gasteiger partial charge in [0.1, 0.15) is 0 Å². The molecule has 0 aliphatic carbocycles. The third kappa shape index (κ3) is 5.08. The van der Waals surface area contributed by atoms with E-state index in [1.165, 1.54) is 0 Å². The third-order valence-electron chi connectivity index (χ3n) is 4.01. The molecule has 0 unspecified atom stereocenters. The van der Waals surface area contributed by atoms with Gasteiger partial charge in [0.2, 0.25) is 5.91 Å². The number of hydrogen-bond acceptors (Lipinski definition) is 4. The average molecular weight is 433 g/mol. The number of halogens is 2. The van der Waals surface area contributed by atoms with Crippen LogP contribution in [0, 0.1) is 5.92 Å². The summed E-state index contributed by atoms with van der Waals surface area (Å²) in [6.45, 7) is 7.51. The summed E-state index contributed by atoms with van der Waals surface area (Å²) in [5.41, 5.74) is 2.23. The molecule has 1 aromatic heterocycles. The Morgan fingerprint density at radius 1 is 1.03 bits per heavy atom. The molecule has 6 nitrogen and oxygen atoms in total. The highest BCUT2D eigenvalue weighted by molar-refractivity contribution is 6.42. The first kappa shape index (κ1) is 21.1. The van der Waals surface area contributed by atoms with Crippen LogP contribution in [0.3, 0.4) is 0 Å². The van der Waals surface area contributed by atoms with Crippen molar-refractivity contribution in [1.82, 2.24) is 14.8 Å². The van der Waals surface area contributed by atoms with Crippen LogP contribution in [0.4, 0.5) is 5.69 Å². The molecule has 1 N–H and O–H groups in total. The lowest BCUT2D eigenvalue weighted by molar-refractivity contribution is -0.118. The zero-order valence-electron chi connectivity index (χ0n) is 16.6. The first-order valence-corrected chi connectivity index (χ1v) is 10.0. The van der Waals surface area contributed by atoms with Gasteiger partial charge in [-0.05, 0) is 56.3 Å². The minimum atomic E-state index is -0.0954. The number of aromatic nitrogens is 3. The number of nitrogens with one attached hydrogen (secondary N) is 1. The minimum absolute atomic E-state index is 0.0392. The summed E-state index contributed by atoms with van der Waals surface area (Å²) in [7, 11) is 0. The average Bonchev–Trinajstić information content (AvgIpc) is 3.07. The standard InChI is InChI=1S/C21H22Cl2N4O2/c1-12(2)20(28)24-15-6-8-16(9-7-15)27-19(25-21(26-27)29-13(3)4)14-5-10-17(22)18(23)11-14/h5-13H,1-4H3,(H,24,28). The van der Waals surface area contributed by atoms with Crippen molar-refractivity contribution in [3.05, 3.63) is 52.5 Å². The molecule has 152 valence electrons. The summed E-state index contributed by atoms with van der Waals surface area (Å²) in [4.78, 5) is 16.4. The van der Waals surface area contributed by atoms with Crippen molar-refractivity contribution in [3.63, 3.8) is 0 Å². The Balaban J connectivity index is 1.99. The van der Waals surface area contributed by atoms with Crippen molar-refractivity contribution in [2.24, 2.45) is 5.92 Å². The van der Waals surface area contributed by atoms with E-state index in [4.69, 9.17) is 27.9 Å². The molecular weight excluding hydrogens is 411 g/mol. The van der Waals surface area contributed by atoms with Crippen molar-refractivity contribution in [3.8, 4) is 23.1 Å². The minimum Gasteiger partial charge on any atom is -0.460 e. The molecule has 0 radical (unpaired) electrons. The summed E-state index contributed by atoms with van der Waals surface area (Å²) in [6.07, 6.45) is -0.0684. The van der Waals surface area contributed by atoms with Gasteiger partial charge in [-0.25, -0.2) is 4.68 Å². The lowest BCUT2D eigenvalue weighted by atomic mass is 10.2. The Hall–Kier alpha value is -2.57. The Bertz CT molecular complexity index is 1010. The maximum absolute atomic E-state index is 11.9. The second-order valence-electron chi connectivity index (χ2n) is 7.12. The third-order valence-corrected chi connectivity index (χ3v) is 4.75. The number of amides is 1. The van der Waals surface area contributed by atoms with Crippen LogP contribution in [0.25, 0.3) is 17.1 Å². The molecule has 29 heavy (non-hydrogen) atoms. The lowest BCUT2D eigenvalue weighted by Gasteiger charge is -2.10. The van der Waals surface area contributed by atoms with Gasteiger partial charge < -0.3 is 10.1 Å². The van der Waals surface area contributed by atoms with E-state index in [1.54, 1.807) is 16.8 Å². The van der Waals surface area contributed by atoms with Gasteiger partial charge >= 0.3 is 6.01 Å². The van der Waals surface area contributed by atoms with Gasteiger partial charge in [-0.1, -0.05) is 37.0 Å². The van der Waals surface area contributed by atoms with Gasteiger partial charge in [-0.15, -0.1) is 5.10 Å². The zero-order valence-corrected chi connectivity index (χ0v) is 18.1. The highest BCUT2D eigenvalue weighted by Gasteiger charge is 2.17. The fourth-order valence-corrected chi connectivity index (χ4v) is 2.83. The van der Waals surface area contributed by atoms with Crippen LogP contribution >= 0.6 is 23.2 Å². The monoisotopic (exact) mass is 432 g/mol. The Morgan fingerprint density at radius 3 is 2.31 bits per heavy atom. The number of carbonyl (C=O) groups is 1. The first-order chi connectivity index (χ1) is 13.7. The maximum Gasteiger partial charge on any atom is 0.336 e. The number of ether oxygens (including phenoxy) is 1. The largest absolute Gasteiger partial charge is 0.460 e. The van der Waals surface area contributed by atoms with Crippen molar-refractivity contribution in [2.75, 3.05) is 5.32 Å². The SMILES string of the molecule is CC(C)Oc1nc(-c2ccc(Cl)c(Cl)c2)n(-c2ccc(NC(=O)C(C)C)cc2)n1. The summed E-state index contributed by atoms with van der Waals surface area (Å²) in [5, 5.41) is 8.25. The lowest BCUT2D eigenvalue weighted by Crippen LogP contribution is -2.17. The Labute approximate surface area is 179 Å². The summed E-state index contributed by atoms with van der Waals surface area (Å²) in [6, 6.07) is 12.9. The molecule has 3 rings (SSSR count). The van der Waals surface area contributed by atoms with E-state index in [1.807, 2.05) is 58.0 Å². The number of hydrogen-bond donors (Lipinski definition) is 1. The molecule has 0 saturated heterocycles. The van der Waals surface area contributed by atoms with Gasteiger partial charge in [-0.3, -0.25) is 4.79 Å². The molecule has 1 heterocycles. The van der Waals surface area contributed by atoms with Crippen molar-refractivity contribution in [1.29, 1.82) is 0 Å². The van der Waals surface area contributed by atoms with E-state index < -0.39 is 0 Å². The number of benzene rings is 2. The molecule has 0 aliphatic rings. The highest BCUT2D eigenvalue weighted by Crippen LogP contribution is 2.30. The van der Waals surface area contributed by atoms with Gasteiger partial charge in [0, 0.05) is 17.2 Å². The van der Waals surface area contributed by atoms with Crippen molar-refractivity contribution in [2.45, 2.75) is 33.8 Å². The predicted octanol–water partition coefficient (Wildman–Crippen LogP) is 5.62. The van der Waals surface area contributed by atoms with E-state index in [-0.39, 0.29) is 23.9 Å². The molecule has 1 amide bonds. The van der Waals surface area contributed by atoms with E-state index in [0.717, 1.165) is 11.3 Å². The van der Waals surface area contributed by atoms with Gasteiger partial charge in [0.25, 0.3) is 0 Å². The molecule has 2 aromatic carbocycles. The topological polar surface area (TPSA) is 69.0 Å². The Morgan fingerprint density at radius 2 is 1.72 bits per heavy atom. The number of nitrogens with zero attached hydrogens (tertiary/aromatic N) is 3. The predicted molar refractivity (Wildman–Crippen MR) is 116 cm³/mol. The van der Waals surface area contributed by atoms with Crippen LogP contribution in [0.2, 0.25) is 10.0 Å². The summed E-state index contributed by atoms with van der Waals surface area (Å²) < 4.78 is 7.35. The molecule has 0 bridgehead atoms. The first-order valence-electron chi connectivity index (χ1n) is 9.25. The van der Waals surface area contributed by atoms with E-state index >= 15 is 0 Å². The van der Waals surface area contributed by atoms with Crippen LogP contribution in [-0.2, 0) is 4.79 Å². The van der Waals surface area contributed by atoms with Crippen LogP contribution in [0.1, 0.15) is 27.7 Å². The second kappa shape index (κ2) is 8.84. The molecule has 0 atom stereocenters. The van der Waals surface area contributed by atoms with Gasteiger partial charge in [0.05, 0.1) is 21.8 Å². The highest BCUT2D eigenvalue weighted by atomic mass is 35.5. The molecule has 0 aliphatic heterocycles. The zero-order chi connectivity index (χ0) is 21.1. The van der Waals surface area contributed by atoms with Crippen molar-refractivity contribution >= 4 is 34.8 Å². The molecule has 0 fully saturated rings. The second-order valence-corrected chi connectivity index (χ2v) is 7.93. The summed E-state index contributed by atoms with van der Waals surface area (Å²) in [5.74, 6) is 0.433. The van der Waals surface area contributed by atoms with Gasteiger partial charge in [-0.2, -0.15) is 4.98 Å². The smallest absolute Gasteiger partial charge is 0.336 e. The molecule has 0 spiro atoms.